The number of methoxy groups -OCH3 is 1. The number of pyridine rings is 1. The lowest BCUT2D eigenvalue weighted by Crippen LogP contribution is -2.37. The van der Waals surface area contributed by atoms with Crippen LogP contribution in [0.3, 0.4) is 0 Å². The van der Waals surface area contributed by atoms with E-state index in [2.05, 4.69) is 20.6 Å². The molecule has 0 aliphatic heterocycles. The fraction of sp³-hybridized carbons (Fsp3) is 0.647. The molecule has 1 saturated carbocycles. The molecule has 0 radical (unpaired) electrons. The normalized spacial score (nSPS) is 15.8. The van der Waals surface area contributed by atoms with Crippen molar-refractivity contribution in [2.24, 2.45) is 10.9 Å². The van der Waals surface area contributed by atoms with E-state index in [-0.39, 0.29) is 0 Å². The van der Waals surface area contributed by atoms with Crippen LogP contribution in [0.4, 0.5) is 0 Å². The van der Waals surface area contributed by atoms with Crippen LogP contribution >= 0.6 is 0 Å². The van der Waals surface area contributed by atoms with Crippen LogP contribution in [0.15, 0.2) is 23.3 Å². The summed E-state index contributed by atoms with van der Waals surface area (Å²) in [5.41, 5.74) is 1.03. The Labute approximate surface area is 133 Å². The number of ether oxygens (including phenoxy) is 1. The molecule has 5 heteroatoms. The zero-order chi connectivity index (χ0) is 15.6. The van der Waals surface area contributed by atoms with Crippen molar-refractivity contribution in [1.29, 1.82) is 0 Å². The smallest absolute Gasteiger partial charge is 0.218 e. The van der Waals surface area contributed by atoms with Crippen LogP contribution in [0.5, 0.6) is 5.88 Å². The van der Waals surface area contributed by atoms with Crippen LogP contribution in [-0.4, -0.2) is 31.6 Å². The number of aromatic nitrogens is 1. The molecular formula is C17H28N4O. The molecule has 122 valence electrons. The maximum Gasteiger partial charge on any atom is 0.218 e. The molecule has 0 amide bonds. The van der Waals surface area contributed by atoms with Gasteiger partial charge in [0.1, 0.15) is 0 Å². The number of guanidine groups is 1. The van der Waals surface area contributed by atoms with Crippen molar-refractivity contribution in [1.82, 2.24) is 15.6 Å². The van der Waals surface area contributed by atoms with Gasteiger partial charge in [-0.15, -0.1) is 0 Å². The first-order valence-corrected chi connectivity index (χ1v) is 8.26. The van der Waals surface area contributed by atoms with Crippen molar-refractivity contribution in [3.63, 3.8) is 0 Å². The van der Waals surface area contributed by atoms with Gasteiger partial charge in [0.15, 0.2) is 5.96 Å². The van der Waals surface area contributed by atoms with E-state index in [1.165, 1.54) is 38.5 Å². The highest BCUT2D eigenvalue weighted by Gasteiger charge is 2.14. The first kappa shape index (κ1) is 16.6. The lowest BCUT2D eigenvalue weighted by Gasteiger charge is -2.14. The Hall–Kier alpha value is -1.78. The van der Waals surface area contributed by atoms with Gasteiger partial charge in [-0.2, -0.15) is 0 Å². The van der Waals surface area contributed by atoms with Gasteiger partial charge in [-0.3, -0.25) is 4.99 Å². The molecule has 0 atom stereocenters. The standard InChI is InChI=1S/C17H28N4O/c1-18-17(20-12-5-9-14-7-3-4-8-14)21-13-15-10-6-11-19-16(15)22-2/h6,10-11,14H,3-5,7-9,12-13H2,1-2H3,(H2,18,20,21). The molecule has 0 unspecified atom stereocenters. The molecule has 1 aliphatic carbocycles. The lowest BCUT2D eigenvalue weighted by atomic mass is 10.0. The largest absolute Gasteiger partial charge is 0.481 e. The molecular weight excluding hydrogens is 276 g/mol. The van der Waals surface area contributed by atoms with E-state index in [4.69, 9.17) is 4.74 Å². The average Bonchev–Trinajstić information content (AvgIpc) is 3.08. The molecule has 0 bridgehead atoms. The molecule has 1 aromatic heterocycles. The Bertz CT molecular complexity index is 469. The molecule has 22 heavy (non-hydrogen) atoms. The topological polar surface area (TPSA) is 58.5 Å². The molecule has 0 aromatic carbocycles. The number of rotatable bonds is 7. The van der Waals surface area contributed by atoms with Crippen molar-refractivity contribution in [3.05, 3.63) is 23.9 Å². The van der Waals surface area contributed by atoms with E-state index in [1.54, 1.807) is 20.4 Å². The van der Waals surface area contributed by atoms with Crippen molar-refractivity contribution >= 4 is 5.96 Å². The van der Waals surface area contributed by atoms with E-state index >= 15 is 0 Å². The first-order valence-electron chi connectivity index (χ1n) is 8.26. The summed E-state index contributed by atoms with van der Waals surface area (Å²) in [5.74, 6) is 2.44. The van der Waals surface area contributed by atoms with Crippen LogP contribution in [0, 0.1) is 5.92 Å². The molecule has 1 aromatic rings. The van der Waals surface area contributed by atoms with Gasteiger partial charge in [0.2, 0.25) is 5.88 Å². The number of nitrogens with one attached hydrogen (secondary N) is 2. The Kier molecular flexibility index (Phi) is 7.00. The van der Waals surface area contributed by atoms with Crippen molar-refractivity contribution in [2.45, 2.75) is 45.1 Å². The number of hydrogen-bond donors (Lipinski definition) is 2. The van der Waals surface area contributed by atoms with Gasteiger partial charge in [0, 0.05) is 31.9 Å². The predicted octanol–water partition coefficient (Wildman–Crippen LogP) is 2.73. The van der Waals surface area contributed by atoms with Crippen molar-refractivity contribution in [2.75, 3.05) is 20.7 Å². The Morgan fingerprint density at radius 1 is 1.36 bits per heavy atom. The van der Waals surface area contributed by atoms with Gasteiger partial charge in [-0.1, -0.05) is 31.7 Å². The van der Waals surface area contributed by atoms with E-state index in [9.17, 15) is 0 Å². The van der Waals surface area contributed by atoms with E-state index < -0.39 is 0 Å². The maximum absolute atomic E-state index is 5.26. The van der Waals surface area contributed by atoms with Crippen molar-refractivity contribution < 1.29 is 4.74 Å². The van der Waals surface area contributed by atoms with Crippen molar-refractivity contribution in [3.8, 4) is 5.88 Å². The zero-order valence-corrected chi connectivity index (χ0v) is 13.8. The van der Waals surface area contributed by atoms with Gasteiger partial charge in [0.05, 0.1) is 7.11 Å². The SMILES string of the molecule is CN=C(NCCCC1CCCC1)NCc1cccnc1OC. The summed E-state index contributed by atoms with van der Waals surface area (Å²) in [6, 6.07) is 3.92. The summed E-state index contributed by atoms with van der Waals surface area (Å²) in [7, 11) is 3.44. The maximum atomic E-state index is 5.26. The summed E-state index contributed by atoms with van der Waals surface area (Å²) >= 11 is 0. The second kappa shape index (κ2) is 9.28. The monoisotopic (exact) mass is 304 g/mol. The fourth-order valence-corrected chi connectivity index (χ4v) is 3.04. The fourth-order valence-electron chi connectivity index (χ4n) is 3.04. The first-order chi connectivity index (χ1) is 10.8. The van der Waals surface area contributed by atoms with Gasteiger partial charge in [-0.05, 0) is 24.8 Å². The minimum Gasteiger partial charge on any atom is -0.481 e. The Morgan fingerprint density at radius 3 is 2.91 bits per heavy atom. The van der Waals surface area contributed by atoms with E-state index in [0.717, 1.165) is 24.0 Å². The number of nitrogens with zero attached hydrogens (tertiary/aromatic N) is 2. The minimum absolute atomic E-state index is 0.652. The highest BCUT2D eigenvalue weighted by atomic mass is 16.5. The molecule has 1 aliphatic rings. The van der Waals surface area contributed by atoms with Crippen LogP contribution in [0.2, 0.25) is 0 Å². The van der Waals surface area contributed by atoms with Gasteiger partial charge < -0.3 is 15.4 Å². The third-order valence-electron chi connectivity index (χ3n) is 4.27. The lowest BCUT2D eigenvalue weighted by molar-refractivity contribution is 0.392. The number of hydrogen-bond acceptors (Lipinski definition) is 3. The predicted molar refractivity (Wildman–Crippen MR) is 90.2 cm³/mol. The molecule has 2 N–H and O–H groups in total. The van der Waals surface area contributed by atoms with Gasteiger partial charge in [-0.25, -0.2) is 4.98 Å². The molecule has 2 rings (SSSR count). The molecule has 0 spiro atoms. The van der Waals surface area contributed by atoms with Crippen LogP contribution in [-0.2, 0) is 6.54 Å². The Morgan fingerprint density at radius 2 is 2.18 bits per heavy atom. The second-order valence-electron chi connectivity index (χ2n) is 5.82. The third kappa shape index (κ3) is 5.20. The Balaban J connectivity index is 1.68. The zero-order valence-electron chi connectivity index (χ0n) is 13.8. The minimum atomic E-state index is 0.652. The summed E-state index contributed by atoms with van der Waals surface area (Å²) in [6.45, 7) is 1.62. The van der Waals surface area contributed by atoms with Crippen LogP contribution in [0.25, 0.3) is 0 Å². The van der Waals surface area contributed by atoms with E-state index in [0.29, 0.717) is 12.4 Å². The molecule has 1 fully saturated rings. The molecule has 1 heterocycles. The summed E-state index contributed by atoms with van der Waals surface area (Å²) in [4.78, 5) is 8.46. The highest BCUT2D eigenvalue weighted by molar-refractivity contribution is 5.79. The number of aliphatic imine (C=N–C) groups is 1. The van der Waals surface area contributed by atoms with Gasteiger partial charge in [0.25, 0.3) is 0 Å². The quantitative estimate of drug-likeness (QED) is 0.462. The summed E-state index contributed by atoms with van der Waals surface area (Å²) in [5, 5.41) is 6.69. The molecule has 5 nitrogen and oxygen atoms in total. The average molecular weight is 304 g/mol. The highest BCUT2D eigenvalue weighted by Crippen LogP contribution is 2.28. The second-order valence-corrected chi connectivity index (χ2v) is 5.82. The summed E-state index contributed by atoms with van der Waals surface area (Å²) < 4.78 is 5.26. The van der Waals surface area contributed by atoms with Crippen LogP contribution < -0.4 is 15.4 Å². The van der Waals surface area contributed by atoms with E-state index in [1.807, 2.05) is 12.1 Å². The van der Waals surface area contributed by atoms with Gasteiger partial charge >= 0.3 is 0 Å². The summed E-state index contributed by atoms with van der Waals surface area (Å²) in [6.07, 6.45) is 9.98. The third-order valence-corrected chi connectivity index (χ3v) is 4.27. The van der Waals surface area contributed by atoms with Crippen LogP contribution in [0.1, 0.15) is 44.1 Å². The molecule has 0 saturated heterocycles.